The summed E-state index contributed by atoms with van der Waals surface area (Å²) in [5, 5.41) is 3.20. The Kier molecular flexibility index (Phi) is 5.43. The standard InChI is InChI=1S/C22H23F2N5S/c23-21(24)17-12-19(27-22(26-17)16-6-7-16)29-10-8-28(9-11-29)13-20-25-18(14-30-20)15-4-2-1-3-5-15/h1-5,12,14,16,21H,6-11,13H2. The fourth-order valence-electron chi connectivity index (χ4n) is 3.72. The number of rotatable bonds is 6. The molecule has 1 aliphatic heterocycles. The zero-order valence-electron chi connectivity index (χ0n) is 16.5. The molecule has 0 unspecified atom stereocenters. The molecule has 1 saturated carbocycles. The molecule has 0 atom stereocenters. The minimum Gasteiger partial charge on any atom is -0.354 e. The number of benzene rings is 1. The van der Waals surface area contributed by atoms with Gasteiger partial charge in [0.1, 0.15) is 22.3 Å². The Morgan fingerprint density at radius 3 is 2.47 bits per heavy atom. The molecule has 8 heteroatoms. The molecule has 0 radical (unpaired) electrons. The first-order chi connectivity index (χ1) is 14.7. The van der Waals surface area contributed by atoms with Crippen LogP contribution in [0.15, 0.2) is 41.8 Å². The lowest BCUT2D eigenvalue weighted by Gasteiger charge is -2.35. The van der Waals surface area contributed by atoms with Crippen LogP contribution in [0.3, 0.4) is 0 Å². The second-order valence-corrected chi connectivity index (χ2v) is 8.78. The molecule has 2 aliphatic rings. The summed E-state index contributed by atoms with van der Waals surface area (Å²) in [5.74, 6) is 1.48. The monoisotopic (exact) mass is 427 g/mol. The SMILES string of the molecule is FC(F)c1cc(N2CCN(Cc3nc(-c4ccccc4)cs3)CC2)nc(C2CC2)n1. The number of halogens is 2. The van der Waals surface area contributed by atoms with Crippen molar-refractivity contribution in [3.63, 3.8) is 0 Å². The molecule has 156 valence electrons. The Bertz CT molecular complexity index is 978. The first kappa shape index (κ1) is 19.5. The van der Waals surface area contributed by atoms with Crippen molar-refractivity contribution in [1.82, 2.24) is 19.9 Å². The van der Waals surface area contributed by atoms with Gasteiger partial charge in [0.2, 0.25) is 0 Å². The summed E-state index contributed by atoms with van der Waals surface area (Å²) in [6.07, 6.45) is -0.563. The van der Waals surface area contributed by atoms with Gasteiger partial charge < -0.3 is 4.90 Å². The number of nitrogens with zero attached hydrogens (tertiary/aromatic N) is 5. The highest BCUT2D eigenvalue weighted by molar-refractivity contribution is 7.09. The minimum atomic E-state index is -2.56. The average Bonchev–Trinajstić information content (AvgIpc) is 3.53. The smallest absolute Gasteiger partial charge is 0.280 e. The highest BCUT2D eigenvalue weighted by Crippen LogP contribution is 2.39. The van der Waals surface area contributed by atoms with Crippen molar-refractivity contribution >= 4 is 17.2 Å². The van der Waals surface area contributed by atoms with E-state index in [1.165, 1.54) is 6.07 Å². The van der Waals surface area contributed by atoms with Crippen LogP contribution < -0.4 is 4.90 Å². The van der Waals surface area contributed by atoms with Crippen LogP contribution >= 0.6 is 11.3 Å². The molecule has 3 heterocycles. The zero-order chi connectivity index (χ0) is 20.5. The number of hydrogen-bond donors (Lipinski definition) is 0. The largest absolute Gasteiger partial charge is 0.354 e. The normalized spacial score (nSPS) is 17.6. The van der Waals surface area contributed by atoms with E-state index in [2.05, 4.69) is 37.3 Å². The molecule has 1 aliphatic carbocycles. The molecule has 0 spiro atoms. The van der Waals surface area contributed by atoms with Crippen LogP contribution in [-0.2, 0) is 6.54 Å². The van der Waals surface area contributed by atoms with Gasteiger partial charge in [0, 0.05) is 49.1 Å². The third kappa shape index (κ3) is 4.34. The molecule has 0 amide bonds. The van der Waals surface area contributed by atoms with Crippen LogP contribution in [0.25, 0.3) is 11.3 Å². The van der Waals surface area contributed by atoms with Crippen LogP contribution in [0.1, 0.15) is 41.7 Å². The van der Waals surface area contributed by atoms with Crippen LogP contribution in [-0.4, -0.2) is 46.0 Å². The lowest BCUT2D eigenvalue weighted by atomic mass is 10.2. The second kappa shape index (κ2) is 8.35. The first-order valence-electron chi connectivity index (χ1n) is 10.3. The summed E-state index contributed by atoms with van der Waals surface area (Å²) in [6, 6.07) is 11.7. The Labute approximate surface area is 178 Å². The molecular formula is C22H23F2N5S. The fourth-order valence-corrected chi connectivity index (χ4v) is 4.57. The van der Waals surface area contributed by atoms with E-state index in [1.807, 2.05) is 18.2 Å². The van der Waals surface area contributed by atoms with Crippen LogP contribution in [0.5, 0.6) is 0 Å². The predicted molar refractivity (Wildman–Crippen MR) is 114 cm³/mol. The van der Waals surface area contributed by atoms with E-state index in [0.717, 1.165) is 61.8 Å². The van der Waals surface area contributed by atoms with E-state index in [1.54, 1.807) is 11.3 Å². The van der Waals surface area contributed by atoms with Crippen molar-refractivity contribution < 1.29 is 8.78 Å². The van der Waals surface area contributed by atoms with E-state index in [-0.39, 0.29) is 11.6 Å². The van der Waals surface area contributed by atoms with Crippen molar-refractivity contribution in [1.29, 1.82) is 0 Å². The molecule has 2 aromatic heterocycles. The summed E-state index contributed by atoms with van der Waals surface area (Å²) >= 11 is 1.68. The van der Waals surface area contributed by atoms with E-state index in [9.17, 15) is 8.78 Å². The number of hydrogen-bond acceptors (Lipinski definition) is 6. The number of anilines is 1. The minimum absolute atomic E-state index is 0.152. The number of aromatic nitrogens is 3. The topological polar surface area (TPSA) is 45.2 Å². The van der Waals surface area contributed by atoms with E-state index >= 15 is 0 Å². The van der Waals surface area contributed by atoms with Crippen molar-refractivity contribution in [3.8, 4) is 11.3 Å². The fraction of sp³-hybridized carbons (Fsp3) is 0.409. The molecular weight excluding hydrogens is 404 g/mol. The molecule has 1 aromatic carbocycles. The van der Waals surface area contributed by atoms with Crippen LogP contribution in [0.2, 0.25) is 0 Å². The molecule has 1 saturated heterocycles. The average molecular weight is 428 g/mol. The van der Waals surface area contributed by atoms with Gasteiger partial charge in [-0.05, 0) is 12.8 Å². The van der Waals surface area contributed by atoms with Gasteiger partial charge in [0.25, 0.3) is 6.43 Å². The van der Waals surface area contributed by atoms with Crippen molar-refractivity contribution in [2.45, 2.75) is 31.7 Å². The molecule has 0 N–H and O–H groups in total. The Hall–Kier alpha value is -2.45. The highest BCUT2D eigenvalue weighted by Gasteiger charge is 2.29. The maximum absolute atomic E-state index is 13.3. The number of thiazole rings is 1. The molecule has 5 nitrogen and oxygen atoms in total. The number of piperazine rings is 1. The van der Waals surface area contributed by atoms with E-state index < -0.39 is 6.43 Å². The predicted octanol–water partition coefficient (Wildman–Crippen LogP) is 4.74. The van der Waals surface area contributed by atoms with Gasteiger partial charge >= 0.3 is 0 Å². The highest BCUT2D eigenvalue weighted by atomic mass is 32.1. The van der Waals surface area contributed by atoms with Crippen molar-refractivity contribution in [2.24, 2.45) is 0 Å². The van der Waals surface area contributed by atoms with Crippen molar-refractivity contribution in [2.75, 3.05) is 31.1 Å². The summed E-state index contributed by atoms with van der Waals surface area (Å²) < 4.78 is 26.6. The third-order valence-corrected chi connectivity index (χ3v) is 6.43. The summed E-state index contributed by atoms with van der Waals surface area (Å²) in [6.45, 7) is 4.05. The molecule has 3 aromatic rings. The quantitative estimate of drug-likeness (QED) is 0.569. The van der Waals surface area contributed by atoms with Gasteiger partial charge in [-0.2, -0.15) is 0 Å². The Morgan fingerprint density at radius 2 is 1.77 bits per heavy atom. The Balaban J connectivity index is 1.22. The lowest BCUT2D eigenvalue weighted by Crippen LogP contribution is -2.46. The molecule has 5 rings (SSSR count). The van der Waals surface area contributed by atoms with Gasteiger partial charge in [-0.25, -0.2) is 23.7 Å². The van der Waals surface area contributed by atoms with Gasteiger partial charge in [-0.3, -0.25) is 4.90 Å². The molecule has 0 bridgehead atoms. The second-order valence-electron chi connectivity index (χ2n) is 7.84. The Morgan fingerprint density at radius 1 is 1.00 bits per heavy atom. The summed E-state index contributed by atoms with van der Waals surface area (Å²) in [5.41, 5.74) is 2.00. The van der Waals surface area contributed by atoms with Crippen molar-refractivity contribution in [3.05, 3.63) is 58.3 Å². The van der Waals surface area contributed by atoms with Gasteiger partial charge in [0.05, 0.1) is 12.2 Å². The lowest BCUT2D eigenvalue weighted by molar-refractivity contribution is 0.145. The van der Waals surface area contributed by atoms with E-state index in [0.29, 0.717) is 11.6 Å². The maximum Gasteiger partial charge on any atom is 0.280 e. The third-order valence-electron chi connectivity index (χ3n) is 5.59. The van der Waals surface area contributed by atoms with Crippen LogP contribution in [0, 0.1) is 0 Å². The van der Waals surface area contributed by atoms with Crippen LogP contribution in [0.4, 0.5) is 14.6 Å². The zero-order valence-corrected chi connectivity index (χ0v) is 17.4. The van der Waals surface area contributed by atoms with Gasteiger partial charge in [-0.1, -0.05) is 30.3 Å². The van der Waals surface area contributed by atoms with Gasteiger partial charge in [-0.15, -0.1) is 11.3 Å². The van der Waals surface area contributed by atoms with E-state index in [4.69, 9.17) is 4.98 Å². The van der Waals surface area contributed by atoms with Gasteiger partial charge in [0.15, 0.2) is 0 Å². The number of alkyl halides is 2. The molecule has 30 heavy (non-hydrogen) atoms. The maximum atomic E-state index is 13.3. The molecule has 2 fully saturated rings. The summed E-state index contributed by atoms with van der Waals surface area (Å²) in [7, 11) is 0. The first-order valence-corrected chi connectivity index (χ1v) is 11.2. The summed E-state index contributed by atoms with van der Waals surface area (Å²) in [4.78, 5) is 17.9.